The third-order valence-corrected chi connectivity index (χ3v) is 3.83. The zero-order chi connectivity index (χ0) is 18.4. The summed E-state index contributed by atoms with van der Waals surface area (Å²) in [5.74, 6) is 0.719. The maximum absolute atomic E-state index is 11.6. The van der Waals surface area contributed by atoms with Gasteiger partial charge in [0.1, 0.15) is 5.82 Å². The minimum absolute atomic E-state index is 0.387. The van der Waals surface area contributed by atoms with Gasteiger partial charge in [0.05, 0.1) is 12.7 Å². The number of nitrogens with zero attached hydrogens (tertiary/aromatic N) is 2. The number of rotatable bonds is 6. The maximum atomic E-state index is 11.6. The lowest BCUT2D eigenvalue weighted by Gasteiger charge is -2.09. The van der Waals surface area contributed by atoms with Crippen LogP contribution in [0.4, 0.5) is 17.5 Å². The molecule has 2 aromatic carbocycles. The maximum Gasteiger partial charge on any atom is 0.337 e. The highest BCUT2D eigenvalue weighted by molar-refractivity contribution is 6.30. The van der Waals surface area contributed by atoms with Crippen molar-refractivity contribution in [3.05, 3.63) is 76.9 Å². The highest BCUT2D eigenvalue weighted by Crippen LogP contribution is 2.17. The van der Waals surface area contributed by atoms with Crippen LogP contribution in [0.25, 0.3) is 0 Å². The molecule has 0 aliphatic heterocycles. The Morgan fingerprint density at radius 1 is 1.15 bits per heavy atom. The van der Waals surface area contributed by atoms with E-state index in [-0.39, 0.29) is 5.97 Å². The van der Waals surface area contributed by atoms with Gasteiger partial charge in [0, 0.05) is 23.5 Å². The quantitative estimate of drug-likeness (QED) is 0.633. The summed E-state index contributed by atoms with van der Waals surface area (Å²) in [6.45, 7) is 0.582. The number of nitrogens with one attached hydrogen (secondary N) is 2. The molecule has 0 fully saturated rings. The number of aromatic nitrogens is 2. The Kier molecular flexibility index (Phi) is 5.66. The van der Waals surface area contributed by atoms with E-state index in [1.807, 2.05) is 30.3 Å². The van der Waals surface area contributed by atoms with Crippen LogP contribution in [0, 0.1) is 0 Å². The van der Waals surface area contributed by atoms with Crippen molar-refractivity contribution in [3.63, 3.8) is 0 Å². The summed E-state index contributed by atoms with van der Waals surface area (Å²) < 4.78 is 4.73. The molecule has 1 heterocycles. The topological polar surface area (TPSA) is 76.1 Å². The van der Waals surface area contributed by atoms with Crippen LogP contribution in [0.5, 0.6) is 0 Å². The molecule has 0 radical (unpaired) electrons. The molecule has 1 aromatic heterocycles. The Bertz CT molecular complexity index is 900. The Morgan fingerprint density at radius 2 is 1.96 bits per heavy atom. The summed E-state index contributed by atoms with van der Waals surface area (Å²) in [6, 6.07) is 16.3. The van der Waals surface area contributed by atoms with Gasteiger partial charge in [-0.3, -0.25) is 0 Å². The second kappa shape index (κ2) is 8.31. The molecule has 3 rings (SSSR count). The van der Waals surface area contributed by atoms with E-state index in [1.54, 1.807) is 30.5 Å². The summed E-state index contributed by atoms with van der Waals surface area (Å²) in [5, 5.41) is 7.02. The number of esters is 1. The van der Waals surface area contributed by atoms with Gasteiger partial charge in [0.25, 0.3) is 0 Å². The predicted molar refractivity (Wildman–Crippen MR) is 102 cm³/mol. The van der Waals surface area contributed by atoms with Crippen molar-refractivity contribution in [2.45, 2.75) is 6.54 Å². The summed E-state index contributed by atoms with van der Waals surface area (Å²) in [7, 11) is 1.35. The Hall–Kier alpha value is -3.12. The van der Waals surface area contributed by atoms with Crippen molar-refractivity contribution in [1.82, 2.24) is 9.97 Å². The van der Waals surface area contributed by atoms with Gasteiger partial charge in [0.15, 0.2) is 0 Å². The number of hydrogen-bond donors (Lipinski definition) is 2. The summed E-state index contributed by atoms with van der Waals surface area (Å²) >= 11 is 5.88. The van der Waals surface area contributed by atoms with Gasteiger partial charge in [-0.2, -0.15) is 4.98 Å². The van der Waals surface area contributed by atoms with E-state index in [0.29, 0.717) is 28.9 Å². The number of carbonyl (C=O) groups is 1. The first-order chi connectivity index (χ1) is 12.6. The first kappa shape index (κ1) is 17.7. The molecule has 0 amide bonds. The minimum atomic E-state index is -0.387. The Morgan fingerprint density at radius 3 is 2.73 bits per heavy atom. The minimum Gasteiger partial charge on any atom is -0.465 e. The molecule has 0 saturated heterocycles. The third-order valence-electron chi connectivity index (χ3n) is 3.58. The average Bonchev–Trinajstić information content (AvgIpc) is 2.67. The highest BCUT2D eigenvalue weighted by Gasteiger charge is 2.06. The van der Waals surface area contributed by atoms with Crippen molar-refractivity contribution >= 4 is 35.0 Å². The summed E-state index contributed by atoms with van der Waals surface area (Å²) in [4.78, 5) is 20.2. The number of benzene rings is 2. The monoisotopic (exact) mass is 368 g/mol. The van der Waals surface area contributed by atoms with Gasteiger partial charge >= 0.3 is 5.97 Å². The van der Waals surface area contributed by atoms with Gasteiger partial charge < -0.3 is 15.4 Å². The Balaban J connectivity index is 1.67. The first-order valence-electron chi connectivity index (χ1n) is 7.91. The molecule has 2 N–H and O–H groups in total. The second-order valence-electron chi connectivity index (χ2n) is 5.44. The Labute approximate surface area is 156 Å². The van der Waals surface area contributed by atoms with Crippen LogP contribution in [0.1, 0.15) is 15.9 Å². The van der Waals surface area contributed by atoms with Crippen LogP contribution in [0.15, 0.2) is 60.8 Å². The molecule has 26 heavy (non-hydrogen) atoms. The standard InChI is InChI=1S/C19H17ClN4O2/c1-26-18(25)14-3-2-4-16(11-14)23-17-9-10-21-19(24-17)22-12-13-5-7-15(20)8-6-13/h2-11H,12H2,1H3,(H2,21,22,23,24). The SMILES string of the molecule is COC(=O)c1cccc(Nc2ccnc(NCc3ccc(Cl)cc3)n2)c1. The van der Waals surface area contributed by atoms with Crippen LogP contribution >= 0.6 is 11.6 Å². The number of anilines is 3. The van der Waals surface area contributed by atoms with Crippen LogP contribution < -0.4 is 10.6 Å². The van der Waals surface area contributed by atoms with Gasteiger partial charge in [-0.25, -0.2) is 9.78 Å². The van der Waals surface area contributed by atoms with Crippen molar-refractivity contribution in [3.8, 4) is 0 Å². The highest BCUT2D eigenvalue weighted by atomic mass is 35.5. The molecule has 0 spiro atoms. The fourth-order valence-electron chi connectivity index (χ4n) is 2.29. The van der Waals surface area contributed by atoms with E-state index in [0.717, 1.165) is 11.3 Å². The first-order valence-corrected chi connectivity index (χ1v) is 8.28. The molecule has 0 aliphatic carbocycles. The lowest BCUT2D eigenvalue weighted by molar-refractivity contribution is 0.0601. The van der Waals surface area contributed by atoms with Crippen LogP contribution in [-0.2, 0) is 11.3 Å². The number of methoxy groups -OCH3 is 1. The van der Waals surface area contributed by atoms with Crippen molar-refractivity contribution in [2.75, 3.05) is 17.7 Å². The molecule has 0 aliphatic rings. The van der Waals surface area contributed by atoms with Gasteiger partial charge in [0.2, 0.25) is 5.95 Å². The molecule has 6 nitrogen and oxygen atoms in total. The molecular weight excluding hydrogens is 352 g/mol. The largest absolute Gasteiger partial charge is 0.465 e. The van der Waals surface area contributed by atoms with E-state index in [2.05, 4.69) is 20.6 Å². The average molecular weight is 369 g/mol. The zero-order valence-electron chi connectivity index (χ0n) is 14.1. The van der Waals surface area contributed by atoms with Crippen molar-refractivity contribution in [2.24, 2.45) is 0 Å². The van der Waals surface area contributed by atoms with Crippen LogP contribution in [0.2, 0.25) is 5.02 Å². The molecule has 0 atom stereocenters. The van der Waals surface area contributed by atoms with Gasteiger partial charge in [-0.1, -0.05) is 29.8 Å². The molecular formula is C19H17ClN4O2. The van der Waals surface area contributed by atoms with Gasteiger partial charge in [-0.15, -0.1) is 0 Å². The smallest absolute Gasteiger partial charge is 0.337 e. The van der Waals surface area contributed by atoms with E-state index >= 15 is 0 Å². The molecule has 0 unspecified atom stereocenters. The van der Waals surface area contributed by atoms with E-state index < -0.39 is 0 Å². The van der Waals surface area contributed by atoms with E-state index in [4.69, 9.17) is 16.3 Å². The van der Waals surface area contributed by atoms with Crippen LogP contribution in [0.3, 0.4) is 0 Å². The van der Waals surface area contributed by atoms with E-state index in [1.165, 1.54) is 7.11 Å². The summed E-state index contributed by atoms with van der Waals surface area (Å²) in [6.07, 6.45) is 1.66. The third kappa shape index (κ3) is 4.70. The van der Waals surface area contributed by atoms with Crippen LogP contribution in [-0.4, -0.2) is 23.0 Å². The number of carbonyl (C=O) groups excluding carboxylic acids is 1. The fourth-order valence-corrected chi connectivity index (χ4v) is 2.41. The zero-order valence-corrected chi connectivity index (χ0v) is 14.8. The van der Waals surface area contributed by atoms with Gasteiger partial charge in [-0.05, 0) is 42.0 Å². The lowest BCUT2D eigenvalue weighted by Crippen LogP contribution is -2.05. The van der Waals surface area contributed by atoms with Crippen molar-refractivity contribution in [1.29, 1.82) is 0 Å². The molecule has 7 heteroatoms. The predicted octanol–water partition coefficient (Wildman–Crippen LogP) is 4.27. The van der Waals surface area contributed by atoms with E-state index in [9.17, 15) is 4.79 Å². The number of ether oxygens (including phenoxy) is 1. The molecule has 132 valence electrons. The second-order valence-corrected chi connectivity index (χ2v) is 5.88. The normalized spacial score (nSPS) is 10.2. The molecule has 0 bridgehead atoms. The fraction of sp³-hybridized carbons (Fsp3) is 0.105. The number of hydrogen-bond acceptors (Lipinski definition) is 6. The lowest BCUT2D eigenvalue weighted by atomic mass is 10.2. The number of halogens is 1. The molecule has 3 aromatic rings. The molecule has 0 saturated carbocycles. The van der Waals surface area contributed by atoms with Crippen molar-refractivity contribution < 1.29 is 9.53 Å². The summed E-state index contributed by atoms with van der Waals surface area (Å²) in [5.41, 5.74) is 2.27.